The number of hydrogen-bond donors (Lipinski definition) is 1. The quantitative estimate of drug-likeness (QED) is 0.882. The van der Waals surface area contributed by atoms with Crippen molar-refractivity contribution in [1.82, 2.24) is 15.2 Å². The van der Waals surface area contributed by atoms with Gasteiger partial charge >= 0.3 is 0 Å². The number of nitrogens with zero attached hydrogens (tertiary/aromatic N) is 3. The molecule has 0 unspecified atom stereocenters. The molecule has 2 saturated heterocycles. The number of carbonyl (C=O) groups is 1. The first-order valence-corrected chi connectivity index (χ1v) is 8.55. The molecule has 3 rings (SSSR count). The first-order valence-electron chi connectivity index (χ1n) is 8.55. The van der Waals surface area contributed by atoms with Crippen molar-refractivity contribution in [3.8, 4) is 0 Å². The van der Waals surface area contributed by atoms with Gasteiger partial charge in [0.2, 0.25) is 0 Å². The average molecular weight is 318 g/mol. The monoisotopic (exact) mass is 318 g/mol. The summed E-state index contributed by atoms with van der Waals surface area (Å²) < 4.78 is 5.37. The lowest BCUT2D eigenvalue weighted by Gasteiger charge is -2.32. The zero-order valence-electron chi connectivity index (χ0n) is 13.8. The third kappa shape index (κ3) is 4.00. The van der Waals surface area contributed by atoms with E-state index in [1.165, 1.54) is 12.8 Å². The fourth-order valence-corrected chi connectivity index (χ4v) is 3.24. The molecule has 1 N–H and O–H groups in total. The van der Waals surface area contributed by atoms with Gasteiger partial charge in [-0.1, -0.05) is 0 Å². The van der Waals surface area contributed by atoms with Crippen molar-refractivity contribution in [3.05, 3.63) is 23.9 Å². The number of morpholine rings is 1. The Hall–Kier alpha value is -1.66. The lowest BCUT2D eigenvalue weighted by molar-refractivity contribution is 0.0204. The molecular formula is C17H26N4O2. The minimum atomic E-state index is -0.0277. The third-order valence-corrected chi connectivity index (χ3v) is 4.66. The van der Waals surface area contributed by atoms with Crippen LogP contribution in [0.15, 0.2) is 18.3 Å². The van der Waals surface area contributed by atoms with Crippen LogP contribution in [-0.4, -0.2) is 67.8 Å². The molecule has 0 radical (unpaired) electrons. The Morgan fingerprint density at radius 2 is 2.04 bits per heavy atom. The summed E-state index contributed by atoms with van der Waals surface area (Å²) in [6.45, 7) is 8.19. The van der Waals surface area contributed by atoms with Crippen molar-refractivity contribution in [2.75, 3.05) is 50.8 Å². The summed E-state index contributed by atoms with van der Waals surface area (Å²) in [5, 5.41) is 3.07. The van der Waals surface area contributed by atoms with E-state index < -0.39 is 0 Å². The molecule has 6 nitrogen and oxygen atoms in total. The molecule has 1 aromatic heterocycles. The maximum Gasteiger partial charge on any atom is 0.255 e. The van der Waals surface area contributed by atoms with Crippen molar-refractivity contribution in [3.63, 3.8) is 0 Å². The van der Waals surface area contributed by atoms with E-state index in [9.17, 15) is 4.79 Å². The molecule has 0 aromatic carbocycles. The fourth-order valence-electron chi connectivity index (χ4n) is 3.24. The lowest BCUT2D eigenvalue weighted by atomic mass is 10.2. The summed E-state index contributed by atoms with van der Waals surface area (Å²) in [5.74, 6) is 0.793. The molecule has 6 heteroatoms. The van der Waals surface area contributed by atoms with Gasteiger partial charge in [0.1, 0.15) is 5.82 Å². The van der Waals surface area contributed by atoms with E-state index in [-0.39, 0.29) is 5.91 Å². The molecule has 2 aliphatic rings. The summed E-state index contributed by atoms with van der Waals surface area (Å²) in [7, 11) is 0. The summed E-state index contributed by atoms with van der Waals surface area (Å²) in [4.78, 5) is 21.6. The van der Waals surface area contributed by atoms with Crippen LogP contribution in [0.1, 0.15) is 30.1 Å². The Labute approximate surface area is 137 Å². The molecule has 2 fully saturated rings. The van der Waals surface area contributed by atoms with Gasteiger partial charge in [-0.15, -0.1) is 0 Å². The Balaban J connectivity index is 1.59. The number of rotatable bonds is 5. The maximum atomic E-state index is 12.6. The number of nitrogens with one attached hydrogen (secondary N) is 1. The van der Waals surface area contributed by atoms with Crippen molar-refractivity contribution in [2.45, 2.75) is 25.8 Å². The summed E-state index contributed by atoms with van der Waals surface area (Å²) in [6.07, 6.45) is 4.11. The molecule has 1 aromatic rings. The highest BCUT2D eigenvalue weighted by molar-refractivity contribution is 5.98. The van der Waals surface area contributed by atoms with Crippen molar-refractivity contribution < 1.29 is 9.53 Å². The Bertz CT molecular complexity index is 525. The molecule has 0 bridgehead atoms. The topological polar surface area (TPSA) is 57.7 Å². The SMILES string of the molecule is C[C@@H](CNC(=O)c1cccnc1N1CCCC1)N1CCOCC1. The van der Waals surface area contributed by atoms with Crippen LogP contribution in [-0.2, 0) is 4.74 Å². The number of hydrogen-bond acceptors (Lipinski definition) is 5. The molecule has 1 amide bonds. The second kappa shape index (κ2) is 7.75. The molecule has 0 aliphatic carbocycles. The van der Waals surface area contributed by atoms with Gasteiger partial charge < -0.3 is 15.0 Å². The second-order valence-electron chi connectivity index (χ2n) is 6.28. The van der Waals surface area contributed by atoms with Crippen LogP contribution in [0.5, 0.6) is 0 Å². The smallest absolute Gasteiger partial charge is 0.255 e. The highest BCUT2D eigenvalue weighted by Gasteiger charge is 2.22. The molecular weight excluding hydrogens is 292 g/mol. The number of carbonyl (C=O) groups excluding carboxylic acids is 1. The summed E-state index contributed by atoms with van der Waals surface area (Å²) in [6, 6.07) is 4.02. The van der Waals surface area contributed by atoms with Crippen molar-refractivity contribution in [1.29, 1.82) is 0 Å². The van der Waals surface area contributed by atoms with E-state index in [1.807, 2.05) is 12.1 Å². The summed E-state index contributed by atoms with van der Waals surface area (Å²) in [5.41, 5.74) is 0.684. The van der Waals surface area contributed by atoms with Crippen LogP contribution in [0, 0.1) is 0 Å². The van der Waals surface area contributed by atoms with Gasteiger partial charge in [0.25, 0.3) is 5.91 Å². The van der Waals surface area contributed by atoms with E-state index in [0.717, 1.165) is 45.2 Å². The Kier molecular flexibility index (Phi) is 5.46. The minimum absolute atomic E-state index is 0.0277. The highest BCUT2D eigenvalue weighted by atomic mass is 16.5. The van der Waals surface area contributed by atoms with E-state index in [4.69, 9.17) is 4.74 Å². The van der Waals surface area contributed by atoms with Crippen molar-refractivity contribution >= 4 is 11.7 Å². The standard InChI is InChI=1S/C17H26N4O2/c1-14(20-9-11-23-12-10-20)13-19-17(22)15-5-4-6-18-16(15)21-7-2-3-8-21/h4-6,14H,2-3,7-13H2,1H3,(H,19,22)/t14-/m0/s1. The van der Waals surface area contributed by atoms with Crippen LogP contribution in [0.4, 0.5) is 5.82 Å². The largest absolute Gasteiger partial charge is 0.379 e. The van der Waals surface area contributed by atoms with Crippen LogP contribution in [0.25, 0.3) is 0 Å². The molecule has 0 spiro atoms. The molecule has 2 aliphatic heterocycles. The molecule has 3 heterocycles. The minimum Gasteiger partial charge on any atom is -0.379 e. The average Bonchev–Trinajstić information content (AvgIpc) is 3.14. The van der Waals surface area contributed by atoms with E-state index in [1.54, 1.807) is 6.20 Å². The highest BCUT2D eigenvalue weighted by Crippen LogP contribution is 2.21. The number of aromatic nitrogens is 1. The van der Waals surface area contributed by atoms with Crippen LogP contribution >= 0.6 is 0 Å². The predicted octanol–water partition coefficient (Wildman–Crippen LogP) is 1.13. The van der Waals surface area contributed by atoms with Crippen LogP contribution in [0.2, 0.25) is 0 Å². The van der Waals surface area contributed by atoms with Gasteiger partial charge in [-0.05, 0) is 31.9 Å². The summed E-state index contributed by atoms with van der Waals surface area (Å²) >= 11 is 0. The molecule has 126 valence electrons. The van der Waals surface area contributed by atoms with Gasteiger partial charge in [0.15, 0.2) is 0 Å². The van der Waals surface area contributed by atoms with E-state index in [0.29, 0.717) is 18.2 Å². The van der Waals surface area contributed by atoms with Gasteiger partial charge in [0, 0.05) is 45.0 Å². The van der Waals surface area contributed by atoms with Gasteiger partial charge in [-0.25, -0.2) is 4.98 Å². The van der Waals surface area contributed by atoms with Crippen LogP contribution in [0.3, 0.4) is 0 Å². The van der Waals surface area contributed by atoms with Gasteiger partial charge in [0.05, 0.1) is 18.8 Å². The van der Waals surface area contributed by atoms with Gasteiger partial charge in [-0.3, -0.25) is 9.69 Å². The Morgan fingerprint density at radius 3 is 2.78 bits per heavy atom. The first-order chi connectivity index (χ1) is 11.3. The number of pyridine rings is 1. The van der Waals surface area contributed by atoms with E-state index in [2.05, 4.69) is 27.0 Å². The van der Waals surface area contributed by atoms with Crippen molar-refractivity contribution in [2.24, 2.45) is 0 Å². The molecule has 1 atom stereocenters. The number of ether oxygens (including phenoxy) is 1. The first kappa shape index (κ1) is 16.2. The zero-order chi connectivity index (χ0) is 16.1. The third-order valence-electron chi connectivity index (χ3n) is 4.66. The number of amides is 1. The lowest BCUT2D eigenvalue weighted by Crippen LogP contribution is -2.47. The normalized spacial score (nSPS) is 20.5. The Morgan fingerprint density at radius 1 is 1.30 bits per heavy atom. The molecule has 23 heavy (non-hydrogen) atoms. The predicted molar refractivity (Wildman–Crippen MR) is 89.9 cm³/mol. The molecule has 0 saturated carbocycles. The second-order valence-corrected chi connectivity index (χ2v) is 6.28. The number of anilines is 1. The zero-order valence-corrected chi connectivity index (χ0v) is 13.8. The van der Waals surface area contributed by atoms with Crippen LogP contribution < -0.4 is 10.2 Å². The maximum absolute atomic E-state index is 12.6. The fraction of sp³-hybridized carbons (Fsp3) is 0.647. The van der Waals surface area contributed by atoms with E-state index >= 15 is 0 Å². The van der Waals surface area contributed by atoms with Gasteiger partial charge in [-0.2, -0.15) is 0 Å².